The quantitative estimate of drug-likeness (QED) is 0.690. The fraction of sp³-hybridized carbons (Fsp3) is 0.286. The van der Waals surface area contributed by atoms with Crippen LogP contribution >= 0.6 is 0 Å². The van der Waals surface area contributed by atoms with Crippen molar-refractivity contribution in [2.75, 3.05) is 13.7 Å². The van der Waals surface area contributed by atoms with Gasteiger partial charge in [0.15, 0.2) is 6.29 Å². The van der Waals surface area contributed by atoms with E-state index in [1.54, 1.807) is 19.2 Å². The third kappa shape index (κ3) is 3.73. The van der Waals surface area contributed by atoms with Crippen LogP contribution in [-0.4, -0.2) is 20.0 Å². The lowest BCUT2D eigenvalue weighted by Gasteiger charge is -2.22. The van der Waals surface area contributed by atoms with Crippen LogP contribution in [0.15, 0.2) is 48.0 Å². The van der Waals surface area contributed by atoms with E-state index in [0.717, 1.165) is 37.0 Å². The molecule has 0 saturated carbocycles. The van der Waals surface area contributed by atoms with Crippen LogP contribution in [0.5, 0.6) is 11.5 Å². The molecule has 0 saturated heterocycles. The van der Waals surface area contributed by atoms with Crippen LogP contribution in [0.25, 0.3) is 5.57 Å². The Morgan fingerprint density at radius 1 is 1.04 bits per heavy atom. The largest absolute Gasteiger partial charge is 0.496 e. The Labute approximate surface area is 147 Å². The Kier molecular flexibility index (Phi) is 5.49. The summed E-state index contributed by atoms with van der Waals surface area (Å²) >= 11 is 0. The number of aldehydes is 1. The topological polar surface area (TPSA) is 35.5 Å². The van der Waals surface area contributed by atoms with Crippen molar-refractivity contribution in [3.05, 3.63) is 65.0 Å². The number of hydrogen-bond donors (Lipinski definition) is 0. The number of carbonyl (C=O) groups excluding carboxylic acids is 1. The van der Waals surface area contributed by atoms with Gasteiger partial charge < -0.3 is 9.47 Å². The molecule has 2 aromatic rings. The van der Waals surface area contributed by atoms with Crippen LogP contribution in [0, 0.1) is 5.82 Å². The average molecular weight is 340 g/mol. The summed E-state index contributed by atoms with van der Waals surface area (Å²) in [5.41, 5.74) is 3.46. The fourth-order valence-electron chi connectivity index (χ4n) is 3.27. The summed E-state index contributed by atoms with van der Waals surface area (Å²) < 4.78 is 25.0. The lowest BCUT2D eigenvalue weighted by atomic mass is 9.87. The lowest BCUT2D eigenvalue weighted by molar-refractivity contribution is 0.111. The number of carbonyl (C=O) groups is 1. The number of benzene rings is 2. The molecule has 1 aliphatic carbocycles. The minimum Gasteiger partial charge on any atom is -0.496 e. The van der Waals surface area contributed by atoms with E-state index in [0.29, 0.717) is 12.9 Å². The minimum atomic E-state index is -0.560. The van der Waals surface area contributed by atoms with Crippen molar-refractivity contribution in [1.29, 1.82) is 0 Å². The lowest BCUT2D eigenvalue weighted by Crippen LogP contribution is -2.10. The average Bonchev–Trinajstić information content (AvgIpc) is 2.66. The van der Waals surface area contributed by atoms with Gasteiger partial charge in [-0.3, -0.25) is 4.79 Å². The Morgan fingerprint density at radius 3 is 2.60 bits per heavy atom. The SMILES string of the molecule is COc1ccccc1C1=C(COc2cccc(F)c2C=O)CCCC1. The van der Waals surface area contributed by atoms with Crippen molar-refractivity contribution in [2.45, 2.75) is 25.7 Å². The summed E-state index contributed by atoms with van der Waals surface area (Å²) in [6, 6.07) is 12.4. The predicted octanol–water partition coefficient (Wildman–Crippen LogP) is 5.05. The van der Waals surface area contributed by atoms with Gasteiger partial charge in [0.25, 0.3) is 0 Å². The van der Waals surface area contributed by atoms with Crippen molar-refractivity contribution in [1.82, 2.24) is 0 Å². The summed E-state index contributed by atoms with van der Waals surface area (Å²) in [6.45, 7) is 0.345. The second-order valence-electron chi connectivity index (χ2n) is 6.05. The molecule has 0 radical (unpaired) electrons. The number of ether oxygens (including phenoxy) is 2. The highest BCUT2D eigenvalue weighted by Crippen LogP contribution is 2.37. The van der Waals surface area contributed by atoms with Gasteiger partial charge in [-0.2, -0.15) is 0 Å². The summed E-state index contributed by atoms with van der Waals surface area (Å²) in [5, 5.41) is 0. The zero-order valence-electron chi connectivity index (χ0n) is 14.3. The summed E-state index contributed by atoms with van der Waals surface area (Å²) in [5.74, 6) is 0.568. The van der Waals surface area contributed by atoms with Crippen molar-refractivity contribution in [3.8, 4) is 11.5 Å². The molecule has 0 aromatic heterocycles. The third-order valence-corrected chi connectivity index (χ3v) is 4.55. The molecule has 0 amide bonds. The van der Waals surface area contributed by atoms with Crippen LogP contribution < -0.4 is 9.47 Å². The van der Waals surface area contributed by atoms with E-state index in [2.05, 4.69) is 6.07 Å². The molecule has 2 aromatic carbocycles. The predicted molar refractivity (Wildman–Crippen MR) is 95.7 cm³/mol. The summed E-state index contributed by atoms with van der Waals surface area (Å²) in [4.78, 5) is 11.1. The van der Waals surface area contributed by atoms with Crippen LogP contribution in [0.3, 0.4) is 0 Å². The van der Waals surface area contributed by atoms with Crippen molar-refractivity contribution in [2.24, 2.45) is 0 Å². The summed E-state index contributed by atoms with van der Waals surface area (Å²) in [6.07, 6.45) is 4.61. The third-order valence-electron chi connectivity index (χ3n) is 4.55. The number of rotatable bonds is 6. The second-order valence-corrected chi connectivity index (χ2v) is 6.05. The molecule has 0 bridgehead atoms. The fourth-order valence-corrected chi connectivity index (χ4v) is 3.27. The van der Waals surface area contributed by atoms with Crippen molar-refractivity contribution >= 4 is 11.9 Å². The molecule has 0 N–H and O–H groups in total. The molecular weight excluding hydrogens is 319 g/mol. The molecule has 0 heterocycles. The first-order valence-electron chi connectivity index (χ1n) is 8.45. The van der Waals surface area contributed by atoms with E-state index in [1.807, 2.05) is 18.2 Å². The van der Waals surface area contributed by atoms with E-state index in [1.165, 1.54) is 17.2 Å². The Bertz CT molecular complexity index is 795. The normalized spacial score (nSPS) is 14.3. The van der Waals surface area contributed by atoms with Crippen LogP contribution in [0.1, 0.15) is 41.6 Å². The molecule has 0 aliphatic heterocycles. The first kappa shape index (κ1) is 17.2. The smallest absolute Gasteiger partial charge is 0.156 e. The molecule has 0 spiro atoms. The van der Waals surface area contributed by atoms with E-state index < -0.39 is 5.82 Å². The molecule has 3 nitrogen and oxygen atoms in total. The molecule has 3 rings (SSSR count). The van der Waals surface area contributed by atoms with E-state index in [9.17, 15) is 9.18 Å². The number of allylic oxidation sites excluding steroid dienone is 1. The van der Waals surface area contributed by atoms with Gasteiger partial charge >= 0.3 is 0 Å². The highest BCUT2D eigenvalue weighted by atomic mass is 19.1. The van der Waals surface area contributed by atoms with Crippen LogP contribution in [0.2, 0.25) is 0 Å². The maximum absolute atomic E-state index is 13.7. The summed E-state index contributed by atoms with van der Waals surface area (Å²) in [7, 11) is 1.67. The van der Waals surface area contributed by atoms with E-state index in [-0.39, 0.29) is 11.3 Å². The van der Waals surface area contributed by atoms with Crippen molar-refractivity contribution < 1.29 is 18.7 Å². The molecule has 4 heteroatoms. The van der Waals surface area contributed by atoms with Gasteiger partial charge in [0.2, 0.25) is 0 Å². The van der Waals surface area contributed by atoms with Gasteiger partial charge in [0, 0.05) is 5.56 Å². The molecule has 0 atom stereocenters. The molecule has 1 aliphatic rings. The van der Waals surface area contributed by atoms with Gasteiger partial charge in [-0.05, 0) is 55.0 Å². The molecule has 0 fully saturated rings. The highest BCUT2D eigenvalue weighted by Gasteiger charge is 2.18. The standard InChI is InChI=1S/C21H21FO3/c1-24-20-11-5-4-9-17(20)16-8-3-2-7-15(16)14-25-21-12-6-10-19(22)18(21)13-23/h4-6,9-13H,2-3,7-8,14H2,1H3. The van der Waals surface area contributed by atoms with Gasteiger partial charge in [-0.25, -0.2) is 4.39 Å². The van der Waals surface area contributed by atoms with Crippen LogP contribution in [0.4, 0.5) is 4.39 Å². The monoisotopic (exact) mass is 340 g/mol. The molecule has 0 unspecified atom stereocenters. The number of para-hydroxylation sites is 1. The Balaban J connectivity index is 1.90. The minimum absolute atomic E-state index is 0.0299. The molecule has 25 heavy (non-hydrogen) atoms. The van der Waals surface area contributed by atoms with E-state index >= 15 is 0 Å². The zero-order chi connectivity index (χ0) is 17.6. The highest BCUT2D eigenvalue weighted by molar-refractivity contribution is 5.79. The Hall–Kier alpha value is -2.62. The number of methoxy groups -OCH3 is 1. The van der Waals surface area contributed by atoms with Crippen LogP contribution in [-0.2, 0) is 0 Å². The van der Waals surface area contributed by atoms with Gasteiger partial charge in [0.1, 0.15) is 23.9 Å². The first-order valence-corrected chi connectivity index (χ1v) is 8.45. The van der Waals surface area contributed by atoms with E-state index in [4.69, 9.17) is 9.47 Å². The second kappa shape index (κ2) is 7.97. The first-order chi connectivity index (χ1) is 12.2. The van der Waals surface area contributed by atoms with Gasteiger partial charge in [-0.1, -0.05) is 24.3 Å². The molecular formula is C21H21FO3. The molecule has 130 valence electrons. The number of hydrogen-bond acceptors (Lipinski definition) is 3. The van der Waals surface area contributed by atoms with Crippen molar-refractivity contribution in [3.63, 3.8) is 0 Å². The maximum atomic E-state index is 13.7. The Morgan fingerprint density at radius 2 is 1.80 bits per heavy atom. The maximum Gasteiger partial charge on any atom is 0.156 e. The number of halogens is 1. The van der Waals surface area contributed by atoms with Gasteiger partial charge in [-0.15, -0.1) is 0 Å². The zero-order valence-corrected chi connectivity index (χ0v) is 14.3. The van der Waals surface area contributed by atoms with Gasteiger partial charge in [0.05, 0.1) is 12.7 Å².